The van der Waals surface area contributed by atoms with Crippen LogP contribution in [-0.4, -0.2) is 4.24 Å². The summed E-state index contributed by atoms with van der Waals surface area (Å²) in [5.41, 5.74) is 0. The third kappa shape index (κ3) is 22.0. The first kappa shape index (κ1) is 10.3. The molecule has 0 aliphatic carbocycles. The zero-order valence-corrected chi connectivity index (χ0v) is 10.7. The van der Waals surface area contributed by atoms with Crippen LogP contribution in [0, 0.1) is 0 Å². The Labute approximate surface area is 69.4 Å². The Morgan fingerprint density at radius 3 is 1.20 bits per heavy atom. The van der Waals surface area contributed by atoms with E-state index in [1.165, 1.54) is 0 Å². The molecule has 0 unspecified atom stereocenters. The van der Waals surface area contributed by atoms with Crippen LogP contribution in [0.1, 0.15) is 0 Å². The molecule has 0 nitrogen and oxygen atoms in total. The number of hydrogen-bond donors (Lipinski definition) is 0. The van der Waals surface area contributed by atoms with Gasteiger partial charge >= 0.3 is 34.3 Å². The second kappa shape index (κ2) is 16.2. The van der Waals surface area contributed by atoms with Crippen LogP contribution in [0.25, 0.3) is 0 Å². The van der Waals surface area contributed by atoms with Crippen LogP contribution < -0.4 is 0 Å². The van der Waals surface area contributed by atoms with Gasteiger partial charge in [0.15, 0.2) is 0 Å². The second-order valence-corrected chi connectivity index (χ2v) is 2.73. The van der Waals surface area contributed by atoms with Crippen LogP contribution in [0.2, 0.25) is 0 Å². The summed E-state index contributed by atoms with van der Waals surface area (Å²) >= 11 is 10.3. The van der Waals surface area contributed by atoms with Gasteiger partial charge in [0.2, 0.25) is 0 Å². The van der Waals surface area contributed by atoms with Crippen molar-refractivity contribution in [1.82, 2.24) is 0 Å². The molecular formula is CH2Br3Hf. The Morgan fingerprint density at radius 1 is 1.20 bits per heavy atom. The van der Waals surface area contributed by atoms with E-state index in [4.69, 9.17) is 0 Å². The average Bonchev–Trinajstić information content (AvgIpc) is 1.46. The summed E-state index contributed by atoms with van der Waals surface area (Å²) in [6, 6.07) is 0. The number of halogens is 3. The molecule has 0 atom stereocenters. The summed E-state index contributed by atoms with van der Waals surface area (Å²) in [7, 11) is 0. The Kier molecular flexibility index (Phi) is 33.5. The van der Waals surface area contributed by atoms with Gasteiger partial charge in [-0.05, 0) is 0 Å². The molecule has 4 heteroatoms. The van der Waals surface area contributed by atoms with E-state index in [0.717, 1.165) is 26.3 Å². The Morgan fingerprint density at radius 2 is 1.20 bits per heavy atom. The fraction of sp³-hybridized carbons (Fsp3) is 1.00. The Balaban J connectivity index is 0. The molecule has 0 bridgehead atoms. The zero-order valence-electron chi connectivity index (χ0n) is 2.34. The summed E-state index contributed by atoms with van der Waals surface area (Å²) in [6.45, 7) is 0. The monoisotopic (exact) mass is 431 g/mol. The van der Waals surface area contributed by atoms with Gasteiger partial charge in [0, 0.05) is 0 Å². The minimum absolute atomic E-state index is 0.875. The van der Waals surface area contributed by atoms with E-state index in [9.17, 15) is 0 Å². The van der Waals surface area contributed by atoms with Crippen LogP contribution in [0.4, 0.5) is 0 Å². The predicted molar refractivity (Wildman–Crippen MR) is 31.6 cm³/mol. The summed E-state index contributed by atoms with van der Waals surface area (Å²) in [5, 5.41) is 0. The molecule has 0 aromatic rings. The first-order chi connectivity index (χ1) is 2.41. The molecule has 31 valence electrons. The van der Waals surface area contributed by atoms with Gasteiger partial charge in [-0.3, -0.25) is 0 Å². The van der Waals surface area contributed by atoms with Gasteiger partial charge in [0.25, 0.3) is 0 Å². The van der Waals surface area contributed by atoms with Gasteiger partial charge in [-0.1, -0.05) is 31.9 Å². The zero-order chi connectivity index (χ0) is 4.71. The third-order valence-electron chi connectivity index (χ3n) is 0. The Bertz CT molecular complexity index is 6.85. The van der Waals surface area contributed by atoms with E-state index < -0.39 is 0 Å². The van der Waals surface area contributed by atoms with Gasteiger partial charge < -0.3 is 0 Å². The Hall–Kier alpha value is 2.31. The fourth-order valence-corrected chi connectivity index (χ4v) is 0. The van der Waals surface area contributed by atoms with Gasteiger partial charge in [-0.2, -0.15) is 0 Å². The van der Waals surface area contributed by atoms with Crippen molar-refractivity contribution < 1.29 is 22.0 Å². The normalized spacial score (nSPS) is 4.40. The summed E-state index contributed by atoms with van der Waals surface area (Å²) in [6.07, 6.45) is 0. The maximum atomic E-state index is 3.08. The van der Waals surface area contributed by atoms with Gasteiger partial charge in [0.1, 0.15) is 0 Å². The molecular weight excluding hydrogens is 430 g/mol. The van der Waals surface area contributed by atoms with Gasteiger partial charge in [-0.15, -0.1) is 0 Å². The molecule has 0 N–H and O–H groups in total. The molecule has 0 aromatic carbocycles. The van der Waals surface area contributed by atoms with E-state index in [-0.39, 0.29) is 0 Å². The first-order valence-electron chi connectivity index (χ1n) is 0.724. The SMILES string of the molecule is BrCBr.[Br][Hf]. The number of hydrogen-bond acceptors (Lipinski definition) is 0. The van der Waals surface area contributed by atoms with E-state index in [2.05, 4.69) is 44.2 Å². The van der Waals surface area contributed by atoms with E-state index in [1.54, 1.807) is 0 Å². The molecule has 0 aromatic heterocycles. The van der Waals surface area contributed by atoms with Gasteiger partial charge in [-0.25, -0.2) is 0 Å². The predicted octanol–water partition coefficient (Wildman–Crippen LogP) is 2.58. The summed E-state index contributed by atoms with van der Waals surface area (Å²) < 4.78 is 0.875. The minimum atomic E-state index is 0.875. The van der Waals surface area contributed by atoms with Crippen molar-refractivity contribution in [2.75, 3.05) is 4.24 Å². The van der Waals surface area contributed by atoms with Crippen molar-refractivity contribution >= 4 is 44.2 Å². The molecule has 0 fully saturated rings. The quantitative estimate of drug-likeness (QED) is 0.408. The molecule has 0 saturated heterocycles. The molecule has 0 saturated carbocycles. The van der Waals surface area contributed by atoms with Crippen LogP contribution in [0.15, 0.2) is 0 Å². The summed E-state index contributed by atoms with van der Waals surface area (Å²) in [5.74, 6) is 0. The molecule has 0 aliphatic heterocycles. The molecule has 0 amide bonds. The van der Waals surface area contributed by atoms with Crippen molar-refractivity contribution in [2.24, 2.45) is 0 Å². The topological polar surface area (TPSA) is 0 Å². The fourth-order valence-electron chi connectivity index (χ4n) is 0. The molecule has 0 aliphatic rings. The van der Waals surface area contributed by atoms with E-state index >= 15 is 0 Å². The van der Waals surface area contributed by atoms with Crippen molar-refractivity contribution in [3.8, 4) is 0 Å². The maximum absolute atomic E-state index is 3.08. The van der Waals surface area contributed by atoms with Gasteiger partial charge in [0.05, 0.1) is 4.24 Å². The van der Waals surface area contributed by atoms with E-state index in [1.807, 2.05) is 0 Å². The average molecular weight is 432 g/mol. The van der Waals surface area contributed by atoms with Crippen LogP contribution in [0.5, 0.6) is 0 Å². The number of rotatable bonds is 0. The first-order valence-corrected chi connectivity index (χ1v) is 10.8. The molecule has 0 radical (unpaired) electrons. The molecule has 5 heavy (non-hydrogen) atoms. The number of alkyl halides is 2. The molecule has 0 heterocycles. The third-order valence-corrected chi connectivity index (χ3v) is 0. The van der Waals surface area contributed by atoms with Crippen LogP contribution in [-0.2, 0) is 22.0 Å². The van der Waals surface area contributed by atoms with E-state index in [0.29, 0.717) is 0 Å². The van der Waals surface area contributed by atoms with Crippen molar-refractivity contribution in [3.05, 3.63) is 0 Å². The van der Waals surface area contributed by atoms with Crippen LogP contribution >= 0.6 is 44.2 Å². The van der Waals surface area contributed by atoms with Crippen molar-refractivity contribution in [3.63, 3.8) is 0 Å². The standard InChI is InChI=1S/CH2Br2.BrH.Hf/c2-1-3;;/h1H2;1H;/q;;+1/p-1. The summed E-state index contributed by atoms with van der Waals surface area (Å²) in [4.78, 5) is 0. The van der Waals surface area contributed by atoms with Crippen molar-refractivity contribution in [1.29, 1.82) is 0 Å². The molecule has 0 spiro atoms. The molecule has 0 rings (SSSR count). The van der Waals surface area contributed by atoms with Crippen molar-refractivity contribution in [2.45, 2.75) is 0 Å². The second-order valence-electron chi connectivity index (χ2n) is 0.101. The van der Waals surface area contributed by atoms with Crippen LogP contribution in [0.3, 0.4) is 0 Å².